The number of nitrogens with two attached hydrogens (primary N) is 1. The van der Waals surface area contributed by atoms with Crippen molar-refractivity contribution in [1.82, 2.24) is 0 Å². The molecule has 0 spiro atoms. The maximum atomic E-state index is 11.6. The second-order valence-electron chi connectivity index (χ2n) is 3.72. The fraction of sp³-hybridized carbons (Fsp3) is 0.500. The molecule has 1 aliphatic rings. The van der Waals surface area contributed by atoms with E-state index in [1.54, 1.807) is 6.07 Å². The van der Waals surface area contributed by atoms with Gasteiger partial charge in [-0.05, 0) is 42.5 Å². The van der Waals surface area contributed by atoms with Gasteiger partial charge in [0.05, 0.1) is 7.11 Å². The third-order valence-corrected chi connectivity index (χ3v) is 2.94. The predicted octanol–water partition coefficient (Wildman–Crippen LogP) is 1.60. The van der Waals surface area contributed by atoms with E-state index in [2.05, 4.69) is 0 Å². The normalized spacial score (nSPS) is 24.7. The minimum atomic E-state index is -1.17. The Labute approximate surface area is 92.3 Å². The summed E-state index contributed by atoms with van der Waals surface area (Å²) in [6.07, 6.45) is 2.19. The van der Waals surface area contributed by atoms with Crippen LogP contribution in [0.15, 0.2) is 10.5 Å². The minimum Gasteiger partial charge on any atom is -0.467 e. The number of carbonyl (C=O) groups is 1. The quantitative estimate of drug-likeness (QED) is 0.743. The van der Waals surface area contributed by atoms with Gasteiger partial charge in [-0.25, -0.2) is 4.79 Å². The molecule has 2 N–H and O–H groups in total. The maximum Gasteiger partial charge on any atom is 0.333 e. The van der Waals surface area contributed by atoms with Crippen molar-refractivity contribution in [2.24, 2.45) is 5.73 Å². The van der Waals surface area contributed by atoms with E-state index in [0.29, 0.717) is 12.2 Å². The lowest BCUT2D eigenvalue weighted by atomic mass is 9.82. The fourth-order valence-electron chi connectivity index (χ4n) is 2.01. The number of fused-ring (bicyclic) bond motifs is 1. The number of methoxy groups -OCH3 is 1. The van der Waals surface area contributed by atoms with Crippen LogP contribution in [0.4, 0.5) is 0 Å². The first kappa shape index (κ1) is 10.5. The Morgan fingerprint density at radius 3 is 3.13 bits per heavy atom. The molecule has 1 heterocycles. The second kappa shape index (κ2) is 3.54. The van der Waals surface area contributed by atoms with Gasteiger partial charge in [-0.3, -0.25) is 0 Å². The van der Waals surface area contributed by atoms with Gasteiger partial charge in [0.1, 0.15) is 5.76 Å². The van der Waals surface area contributed by atoms with Gasteiger partial charge in [0, 0.05) is 0 Å². The Balaban J connectivity index is 2.48. The highest BCUT2D eigenvalue weighted by molar-refractivity contribution is 6.29. The number of hydrogen-bond acceptors (Lipinski definition) is 4. The van der Waals surface area contributed by atoms with Crippen LogP contribution < -0.4 is 5.73 Å². The molecule has 0 bridgehead atoms. The van der Waals surface area contributed by atoms with Crippen molar-refractivity contribution in [3.63, 3.8) is 0 Å². The lowest BCUT2D eigenvalue weighted by molar-refractivity contribution is -0.148. The van der Waals surface area contributed by atoms with Gasteiger partial charge < -0.3 is 14.9 Å². The van der Waals surface area contributed by atoms with E-state index in [4.69, 9.17) is 26.5 Å². The topological polar surface area (TPSA) is 65.5 Å². The van der Waals surface area contributed by atoms with Crippen molar-refractivity contribution in [1.29, 1.82) is 0 Å². The van der Waals surface area contributed by atoms with Crippen LogP contribution in [0.3, 0.4) is 0 Å². The molecule has 1 aromatic rings. The van der Waals surface area contributed by atoms with Gasteiger partial charge >= 0.3 is 5.97 Å². The molecule has 0 fully saturated rings. The highest BCUT2D eigenvalue weighted by atomic mass is 35.5. The molecule has 0 amide bonds. The molecule has 1 atom stereocenters. The standard InChI is InChI=1S/C10H12ClNO3/c1-14-9(13)10(12)4-2-3-6-5-7(11)15-8(6)10/h5H,2-4,12H2,1H3. The van der Waals surface area contributed by atoms with Gasteiger partial charge in [0.2, 0.25) is 0 Å². The van der Waals surface area contributed by atoms with Crippen LogP contribution in [0.25, 0.3) is 0 Å². The van der Waals surface area contributed by atoms with Crippen molar-refractivity contribution < 1.29 is 13.9 Å². The molecule has 0 aliphatic heterocycles. The molecule has 0 saturated carbocycles. The summed E-state index contributed by atoms with van der Waals surface area (Å²) in [4.78, 5) is 11.6. The summed E-state index contributed by atoms with van der Waals surface area (Å²) < 4.78 is 9.98. The molecule has 0 saturated heterocycles. The third kappa shape index (κ3) is 1.54. The van der Waals surface area contributed by atoms with Crippen molar-refractivity contribution in [3.05, 3.63) is 22.6 Å². The maximum absolute atomic E-state index is 11.6. The Bertz CT molecular complexity index is 401. The van der Waals surface area contributed by atoms with Crippen molar-refractivity contribution in [2.75, 3.05) is 7.11 Å². The van der Waals surface area contributed by atoms with Crippen LogP contribution in [0, 0.1) is 0 Å². The van der Waals surface area contributed by atoms with E-state index >= 15 is 0 Å². The molecule has 1 aromatic heterocycles. The SMILES string of the molecule is COC(=O)C1(N)CCCc2cc(Cl)oc21. The number of rotatable bonds is 1. The Morgan fingerprint density at radius 2 is 2.47 bits per heavy atom. The van der Waals surface area contributed by atoms with Crippen molar-refractivity contribution >= 4 is 17.6 Å². The van der Waals surface area contributed by atoms with Gasteiger partial charge in [-0.1, -0.05) is 0 Å². The number of aryl methyl sites for hydroxylation is 1. The number of esters is 1. The zero-order valence-corrected chi connectivity index (χ0v) is 9.13. The van der Waals surface area contributed by atoms with Gasteiger partial charge in [0.15, 0.2) is 10.8 Å². The molecule has 5 heteroatoms. The monoisotopic (exact) mass is 229 g/mol. The highest BCUT2D eigenvalue weighted by Crippen LogP contribution is 2.37. The van der Waals surface area contributed by atoms with E-state index in [1.807, 2.05) is 0 Å². The van der Waals surface area contributed by atoms with Gasteiger partial charge in [-0.15, -0.1) is 0 Å². The molecule has 1 aliphatic carbocycles. The Kier molecular flexibility index (Phi) is 2.48. The molecule has 1 unspecified atom stereocenters. The van der Waals surface area contributed by atoms with E-state index in [-0.39, 0.29) is 5.22 Å². The summed E-state index contributed by atoms with van der Waals surface area (Å²) in [5.74, 6) is -0.0277. The molecule has 0 aromatic carbocycles. The number of carbonyl (C=O) groups excluding carboxylic acids is 1. The summed E-state index contributed by atoms with van der Waals surface area (Å²) in [7, 11) is 1.32. The Morgan fingerprint density at radius 1 is 1.73 bits per heavy atom. The lowest BCUT2D eigenvalue weighted by Gasteiger charge is -2.28. The lowest BCUT2D eigenvalue weighted by Crippen LogP contribution is -2.47. The summed E-state index contributed by atoms with van der Waals surface area (Å²) >= 11 is 5.75. The first-order chi connectivity index (χ1) is 7.08. The molecular formula is C10H12ClNO3. The van der Waals surface area contributed by atoms with E-state index in [9.17, 15) is 4.79 Å². The third-order valence-electron chi connectivity index (χ3n) is 2.75. The van der Waals surface area contributed by atoms with Crippen LogP contribution in [0.5, 0.6) is 0 Å². The molecule has 0 radical (unpaired) electrons. The van der Waals surface area contributed by atoms with Crippen LogP contribution in [0.2, 0.25) is 5.22 Å². The first-order valence-electron chi connectivity index (χ1n) is 4.74. The number of halogens is 1. The average molecular weight is 230 g/mol. The minimum absolute atomic E-state index is 0.264. The molecule has 2 rings (SSSR count). The van der Waals surface area contributed by atoms with Crippen molar-refractivity contribution in [3.8, 4) is 0 Å². The van der Waals surface area contributed by atoms with E-state index in [0.717, 1.165) is 18.4 Å². The van der Waals surface area contributed by atoms with Gasteiger partial charge in [0.25, 0.3) is 0 Å². The molecule has 15 heavy (non-hydrogen) atoms. The molecule has 4 nitrogen and oxygen atoms in total. The highest BCUT2D eigenvalue weighted by Gasteiger charge is 2.44. The van der Waals surface area contributed by atoms with Crippen LogP contribution >= 0.6 is 11.6 Å². The van der Waals surface area contributed by atoms with E-state index in [1.165, 1.54) is 7.11 Å². The largest absolute Gasteiger partial charge is 0.467 e. The molecular weight excluding hydrogens is 218 g/mol. The zero-order chi connectivity index (χ0) is 11.1. The molecule has 82 valence electrons. The van der Waals surface area contributed by atoms with Crippen LogP contribution in [-0.2, 0) is 21.5 Å². The van der Waals surface area contributed by atoms with Crippen LogP contribution in [-0.4, -0.2) is 13.1 Å². The summed E-state index contributed by atoms with van der Waals surface area (Å²) in [5, 5.41) is 0.264. The zero-order valence-electron chi connectivity index (χ0n) is 8.38. The number of hydrogen-bond donors (Lipinski definition) is 1. The smallest absolute Gasteiger partial charge is 0.333 e. The Hall–Kier alpha value is -1.00. The van der Waals surface area contributed by atoms with E-state index < -0.39 is 11.5 Å². The fourth-order valence-corrected chi connectivity index (χ4v) is 2.22. The number of ether oxygens (including phenoxy) is 1. The first-order valence-corrected chi connectivity index (χ1v) is 5.11. The van der Waals surface area contributed by atoms with Crippen molar-refractivity contribution in [2.45, 2.75) is 24.8 Å². The second-order valence-corrected chi connectivity index (χ2v) is 4.09. The average Bonchev–Trinajstić information content (AvgIpc) is 2.59. The summed E-state index contributed by atoms with van der Waals surface area (Å²) in [6, 6.07) is 1.71. The predicted molar refractivity (Wildman–Crippen MR) is 54.5 cm³/mol. The summed E-state index contributed by atoms with van der Waals surface area (Å²) in [6.45, 7) is 0. The summed E-state index contributed by atoms with van der Waals surface area (Å²) in [5.41, 5.74) is 5.74. The van der Waals surface area contributed by atoms with Crippen LogP contribution in [0.1, 0.15) is 24.2 Å². The number of furan rings is 1. The van der Waals surface area contributed by atoms with Gasteiger partial charge in [-0.2, -0.15) is 0 Å².